The van der Waals surface area contributed by atoms with Crippen LogP contribution < -0.4 is 21.7 Å². The number of hydrogen-bond acceptors (Lipinski definition) is 6. The number of ether oxygens (including phenoxy) is 1. The van der Waals surface area contributed by atoms with Gasteiger partial charge in [0.15, 0.2) is 0 Å². The summed E-state index contributed by atoms with van der Waals surface area (Å²) in [6.45, 7) is 21.9. The molecule has 11 heteroatoms. The van der Waals surface area contributed by atoms with Crippen LogP contribution in [0.25, 0.3) is 0 Å². The van der Waals surface area contributed by atoms with Crippen molar-refractivity contribution in [2.45, 2.75) is 132 Å². The summed E-state index contributed by atoms with van der Waals surface area (Å²) in [7, 11) is 0. The second-order valence-corrected chi connectivity index (χ2v) is 15.9. The van der Waals surface area contributed by atoms with E-state index in [4.69, 9.17) is 10.5 Å². The Morgan fingerprint density at radius 2 is 1.47 bits per heavy atom. The van der Waals surface area contributed by atoms with Crippen molar-refractivity contribution >= 4 is 29.5 Å². The molecule has 0 aromatic heterocycles. The minimum absolute atomic E-state index is 0.00844. The van der Waals surface area contributed by atoms with Crippen LogP contribution in [0.15, 0.2) is 0 Å². The Kier molecular flexibility index (Phi) is 11.8. The lowest BCUT2D eigenvalue weighted by molar-refractivity contribution is -0.144. The Morgan fingerprint density at radius 1 is 0.884 bits per heavy atom. The Bertz CT molecular complexity index is 1040. The minimum atomic E-state index is -1.09. The van der Waals surface area contributed by atoms with Crippen LogP contribution in [0.2, 0.25) is 0 Å². The van der Waals surface area contributed by atoms with E-state index >= 15 is 0 Å². The normalized spacial score (nSPS) is 23.5. The van der Waals surface area contributed by atoms with Gasteiger partial charge in [-0.15, -0.1) is 0 Å². The molecular weight excluding hydrogens is 550 g/mol. The highest BCUT2D eigenvalue weighted by molar-refractivity contribution is 6.37. The molecule has 0 spiro atoms. The molecule has 0 aromatic carbocycles. The number of ketones is 1. The number of Topliss-reactive ketones (excluding diaryl/α,β-unsaturated/α-hetero) is 1. The molecule has 2 fully saturated rings. The van der Waals surface area contributed by atoms with Crippen molar-refractivity contribution in [1.82, 2.24) is 20.9 Å². The van der Waals surface area contributed by atoms with E-state index in [0.29, 0.717) is 19.6 Å². The van der Waals surface area contributed by atoms with Gasteiger partial charge in [-0.3, -0.25) is 19.2 Å². The van der Waals surface area contributed by atoms with Crippen LogP contribution in [0.1, 0.15) is 102 Å². The second-order valence-electron chi connectivity index (χ2n) is 15.9. The summed E-state index contributed by atoms with van der Waals surface area (Å²) >= 11 is 0. The SMILES string of the molecule is C[C@@H]1C(C(=O)NC(CC2CCC2)C(=O)C(N)=O)N(C(=O)C(NC(=O)N[C@@H](COC(C)(C)C)C(C)(C)C)C(C)(C)C)C[C@@H]1C. The molecule has 2 rings (SSSR count). The summed E-state index contributed by atoms with van der Waals surface area (Å²) in [5, 5.41) is 8.66. The van der Waals surface area contributed by atoms with Crippen molar-refractivity contribution in [3.63, 3.8) is 0 Å². The topological polar surface area (TPSA) is 160 Å². The van der Waals surface area contributed by atoms with Crippen molar-refractivity contribution < 1.29 is 28.7 Å². The number of nitrogens with two attached hydrogens (primary N) is 1. The Hall–Kier alpha value is -2.69. The molecule has 43 heavy (non-hydrogen) atoms. The maximum atomic E-state index is 14.2. The number of likely N-dealkylation sites (tertiary alicyclic amines) is 1. The average Bonchev–Trinajstić information content (AvgIpc) is 3.12. The van der Waals surface area contributed by atoms with Crippen molar-refractivity contribution in [2.75, 3.05) is 13.2 Å². The van der Waals surface area contributed by atoms with Crippen LogP contribution in [0.5, 0.6) is 0 Å². The van der Waals surface area contributed by atoms with Crippen molar-refractivity contribution in [3.8, 4) is 0 Å². The average molecular weight is 608 g/mol. The third-order valence-electron chi connectivity index (χ3n) is 8.86. The van der Waals surface area contributed by atoms with Gasteiger partial charge in [-0.1, -0.05) is 74.7 Å². The molecule has 0 radical (unpaired) electrons. The third-order valence-corrected chi connectivity index (χ3v) is 8.86. The highest BCUT2D eigenvalue weighted by atomic mass is 16.5. The van der Waals surface area contributed by atoms with Crippen LogP contribution in [0.3, 0.4) is 0 Å². The molecule has 2 aliphatic rings. The molecular formula is C32H57N5O6. The van der Waals surface area contributed by atoms with Crippen LogP contribution in [-0.4, -0.2) is 77.4 Å². The monoisotopic (exact) mass is 607 g/mol. The first-order chi connectivity index (χ1) is 19.5. The number of carbonyl (C=O) groups excluding carboxylic acids is 5. The minimum Gasteiger partial charge on any atom is -0.374 e. The Labute approximate surface area is 258 Å². The summed E-state index contributed by atoms with van der Waals surface area (Å²) in [5.74, 6) is -2.77. The second kappa shape index (κ2) is 13.9. The molecule has 1 heterocycles. The molecule has 11 nitrogen and oxygen atoms in total. The van der Waals surface area contributed by atoms with E-state index in [-0.39, 0.29) is 40.7 Å². The van der Waals surface area contributed by atoms with Gasteiger partial charge < -0.3 is 31.3 Å². The quantitative estimate of drug-likeness (QED) is 0.264. The van der Waals surface area contributed by atoms with E-state index < -0.39 is 47.2 Å². The molecule has 5 N–H and O–H groups in total. The largest absolute Gasteiger partial charge is 0.374 e. The molecule has 1 saturated heterocycles. The van der Waals surface area contributed by atoms with E-state index in [9.17, 15) is 24.0 Å². The van der Waals surface area contributed by atoms with Crippen LogP contribution in [0, 0.1) is 28.6 Å². The number of rotatable bonds is 11. The predicted octanol–water partition coefficient (Wildman–Crippen LogP) is 3.14. The lowest BCUT2D eigenvalue weighted by atomic mass is 9.80. The zero-order chi connectivity index (χ0) is 33.1. The lowest BCUT2D eigenvalue weighted by Gasteiger charge is -2.38. The highest BCUT2D eigenvalue weighted by Gasteiger charge is 2.48. The van der Waals surface area contributed by atoms with Gasteiger partial charge in [0.1, 0.15) is 12.1 Å². The molecule has 6 atom stereocenters. The number of primary amides is 1. The summed E-state index contributed by atoms with van der Waals surface area (Å²) in [6.07, 6.45) is 3.25. The van der Waals surface area contributed by atoms with Gasteiger partial charge in [0.25, 0.3) is 5.91 Å². The maximum absolute atomic E-state index is 14.2. The van der Waals surface area contributed by atoms with Crippen LogP contribution in [0.4, 0.5) is 4.79 Å². The number of carbonyl (C=O) groups is 5. The highest BCUT2D eigenvalue weighted by Crippen LogP contribution is 2.34. The Morgan fingerprint density at radius 3 is 1.91 bits per heavy atom. The number of urea groups is 1. The summed E-state index contributed by atoms with van der Waals surface area (Å²) in [4.78, 5) is 67.1. The maximum Gasteiger partial charge on any atom is 0.315 e. The van der Waals surface area contributed by atoms with Crippen molar-refractivity contribution in [2.24, 2.45) is 34.3 Å². The summed E-state index contributed by atoms with van der Waals surface area (Å²) in [6, 6.07) is -3.67. The van der Waals surface area contributed by atoms with Gasteiger partial charge in [0.2, 0.25) is 17.6 Å². The summed E-state index contributed by atoms with van der Waals surface area (Å²) in [5.41, 5.74) is 3.92. The smallest absolute Gasteiger partial charge is 0.315 e. The molecule has 5 amide bonds. The van der Waals surface area contributed by atoms with Crippen LogP contribution >= 0.6 is 0 Å². The van der Waals surface area contributed by atoms with Crippen LogP contribution in [-0.2, 0) is 23.9 Å². The predicted molar refractivity (Wildman–Crippen MR) is 166 cm³/mol. The first kappa shape index (κ1) is 36.5. The lowest BCUT2D eigenvalue weighted by Crippen LogP contribution is -2.62. The van der Waals surface area contributed by atoms with Crippen molar-refractivity contribution in [3.05, 3.63) is 0 Å². The number of hydrogen-bond donors (Lipinski definition) is 4. The van der Waals surface area contributed by atoms with Gasteiger partial charge in [-0.2, -0.15) is 0 Å². The standard InChI is InChI=1S/C32H57N5O6/c1-18-16-37(23(19(18)2)27(40)34-21(24(38)26(33)39)15-20-13-12-14-20)28(41)25(31(6,7)8)36-29(42)35-22(30(3,4)5)17-43-32(9,10)11/h18-23,25H,12-17H2,1-11H3,(H2,33,39)(H,34,40)(H2,35,36,42)/t18-,19-,21?,22-,23?,25?/m0/s1. The fourth-order valence-electron chi connectivity index (χ4n) is 5.50. The fraction of sp³-hybridized carbons (Fsp3) is 0.844. The zero-order valence-corrected chi connectivity index (χ0v) is 28.3. The molecule has 1 aliphatic heterocycles. The van der Waals surface area contributed by atoms with E-state index in [1.165, 1.54) is 4.90 Å². The molecule has 1 aliphatic carbocycles. The van der Waals surface area contributed by atoms with E-state index in [1.807, 2.05) is 76.2 Å². The van der Waals surface area contributed by atoms with Gasteiger partial charge >= 0.3 is 6.03 Å². The number of amides is 5. The van der Waals surface area contributed by atoms with E-state index in [1.54, 1.807) is 0 Å². The number of nitrogens with zero attached hydrogens (tertiary/aromatic N) is 1. The Balaban J connectivity index is 2.27. The van der Waals surface area contributed by atoms with Gasteiger partial charge in [0.05, 0.1) is 24.3 Å². The molecule has 246 valence electrons. The first-order valence-electron chi connectivity index (χ1n) is 15.7. The van der Waals surface area contributed by atoms with Gasteiger partial charge in [-0.05, 0) is 55.8 Å². The van der Waals surface area contributed by atoms with E-state index in [2.05, 4.69) is 16.0 Å². The molecule has 0 bridgehead atoms. The van der Waals surface area contributed by atoms with E-state index in [0.717, 1.165) is 19.3 Å². The zero-order valence-electron chi connectivity index (χ0n) is 28.3. The molecule has 0 aromatic rings. The fourth-order valence-corrected chi connectivity index (χ4v) is 5.50. The molecule has 3 unspecified atom stereocenters. The number of nitrogens with one attached hydrogen (secondary N) is 3. The van der Waals surface area contributed by atoms with Crippen molar-refractivity contribution in [1.29, 1.82) is 0 Å². The molecule has 1 saturated carbocycles. The third kappa shape index (κ3) is 10.2. The van der Waals surface area contributed by atoms with Gasteiger partial charge in [-0.25, -0.2) is 4.79 Å². The van der Waals surface area contributed by atoms with Gasteiger partial charge in [0, 0.05) is 6.54 Å². The first-order valence-corrected chi connectivity index (χ1v) is 15.7. The summed E-state index contributed by atoms with van der Waals surface area (Å²) < 4.78 is 5.97.